The van der Waals surface area contributed by atoms with Crippen LogP contribution < -0.4 is 5.32 Å². The molecule has 1 amide bonds. The molecule has 20 heavy (non-hydrogen) atoms. The van der Waals surface area contributed by atoms with Gasteiger partial charge in [0.1, 0.15) is 6.04 Å². The third kappa shape index (κ3) is 8.35. The molecule has 0 aromatic heterocycles. The Hall–Kier alpha value is -1.77. The van der Waals surface area contributed by atoms with E-state index in [1.807, 2.05) is 0 Å². The molecule has 0 aliphatic rings. The fourth-order valence-electron chi connectivity index (χ4n) is 1.03. The highest BCUT2D eigenvalue weighted by atomic mass is 32.2. The summed E-state index contributed by atoms with van der Waals surface area (Å²) in [7, 11) is 0. The van der Waals surface area contributed by atoms with Crippen LogP contribution in [0.3, 0.4) is 0 Å². The molecule has 0 aromatic carbocycles. The summed E-state index contributed by atoms with van der Waals surface area (Å²) >= 11 is 0.570. The largest absolute Gasteiger partial charge is 0.480 e. The van der Waals surface area contributed by atoms with Crippen molar-refractivity contribution in [3.63, 3.8) is 0 Å². The van der Waals surface area contributed by atoms with Crippen LogP contribution in [0.1, 0.15) is 27.2 Å². The maximum absolute atomic E-state index is 11.4. The van der Waals surface area contributed by atoms with Gasteiger partial charge in [0.2, 0.25) is 12.2 Å². The molecular weight excluding hydrogens is 290 g/mol. The summed E-state index contributed by atoms with van der Waals surface area (Å²) in [5, 5.41) is 10.2. The topological polar surface area (TPSA) is 119 Å². The predicted molar refractivity (Wildman–Crippen MR) is 70.0 cm³/mol. The molecule has 0 bridgehead atoms. The van der Waals surface area contributed by atoms with Gasteiger partial charge in [-0.1, -0.05) is 6.92 Å². The SMILES string of the molecule is CCC(=O)O[C@@H](C)OC(=O)SC[C@H](NC(C)=O)C(=O)O. The molecule has 0 radical (unpaired) electrons. The lowest BCUT2D eigenvalue weighted by molar-refractivity contribution is -0.163. The summed E-state index contributed by atoms with van der Waals surface area (Å²) in [5.41, 5.74) is 0. The molecular formula is C11H17NO7S. The van der Waals surface area contributed by atoms with E-state index in [4.69, 9.17) is 14.6 Å². The average Bonchev–Trinajstić information content (AvgIpc) is 2.33. The fourth-order valence-corrected chi connectivity index (χ4v) is 1.77. The lowest BCUT2D eigenvalue weighted by Crippen LogP contribution is -2.41. The summed E-state index contributed by atoms with van der Waals surface area (Å²) in [5.74, 6) is -2.48. The van der Waals surface area contributed by atoms with Crippen molar-refractivity contribution in [3.05, 3.63) is 0 Å². The van der Waals surface area contributed by atoms with Gasteiger partial charge in [-0.3, -0.25) is 9.59 Å². The van der Waals surface area contributed by atoms with Gasteiger partial charge in [-0.25, -0.2) is 9.59 Å². The number of hydrogen-bond acceptors (Lipinski definition) is 7. The molecule has 0 aliphatic carbocycles. The van der Waals surface area contributed by atoms with E-state index in [9.17, 15) is 19.2 Å². The molecule has 0 heterocycles. The van der Waals surface area contributed by atoms with Crippen LogP contribution in [0.4, 0.5) is 4.79 Å². The van der Waals surface area contributed by atoms with Crippen LogP contribution in [0.25, 0.3) is 0 Å². The lowest BCUT2D eigenvalue weighted by atomic mass is 10.3. The van der Waals surface area contributed by atoms with Gasteiger partial charge in [0, 0.05) is 26.0 Å². The van der Waals surface area contributed by atoms with Crippen molar-refractivity contribution in [2.45, 2.75) is 39.5 Å². The van der Waals surface area contributed by atoms with Crippen LogP contribution in [-0.2, 0) is 23.9 Å². The highest BCUT2D eigenvalue weighted by Gasteiger charge is 2.21. The first-order chi connectivity index (χ1) is 9.26. The summed E-state index contributed by atoms with van der Waals surface area (Å²) < 4.78 is 9.44. The molecule has 0 fully saturated rings. The normalized spacial score (nSPS) is 12.9. The molecule has 0 spiro atoms. The summed E-state index contributed by atoms with van der Waals surface area (Å²) in [6.45, 7) is 4.14. The number of amides is 1. The van der Waals surface area contributed by atoms with Crippen molar-refractivity contribution in [1.82, 2.24) is 5.32 Å². The minimum absolute atomic E-state index is 0.151. The van der Waals surface area contributed by atoms with E-state index in [1.165, 1.54) is 13.8 Å². The van der Waals surface area contributed by atoms with Crippen LogP contribution in [0, 0.1) is 0 Å². The standard InChI is InChI=1S/C11H17NO7S/c1-4-9(14)18-7(3)19-11(17)20-5-8(10(15)16)12-6(2)13/h7-8H,4-5H2,1-3H3,(H,12,13)(H,15,16)/t7-,8+/m1/s1. The molecule has 0 saturated carbocycles. The van der Waals surface area contributed by atoms with E-state index in [0.29, 0.717) is 11.8 Å². The molecule has 8 nitrogen and oxygen atoms in total. The van der Waals surface area contributed by atoms with Crippen LogP contribution in [0.15, 0.2) is 0 Å². The van der Waals surface area contributed by atoms with Crippen molar-refractivity contribution < 1.29 is 33.8 Å². The number of ether oxygens (including phenoxy) is 2. The lowest BCUT2D eigenvalue weighted by Gasteiger charge is -2.15. The van der Waals surface area contributed by atoms with E-state index < -0.39 is 35.5 Å². The Morgan fingerprint density at radius 2 is 1.85 bits per heavy atom. The molecule has 0 saturated heterocycles. The van der Waals surface area contributed by atoms with Gasteiger partial charge in [0.05, 0.1) is 0 Å². The van der Waals surface area contributed by atoms with E-state index >= 15 is 0 Å². The van der Waals surface area contributed by atoms with Crippen molar-refractivity contribution >= 4 is 34.9 Å². The monoisotopic (exact) mass is 307 g/mol. The highest BCUT2D eigenvalue weighted by Crippen LogP contribution is 2.11. The number of carbonyl (C=O) groups is 4. The predicted octanol–water partition coefficient (Wildman–Crippen LogP) is 0.745. The zero-order valence-electron chi connectivity index (χ0n) is 11.4. The maximum atomic E-state index is 11.4. The quantitative estimate of drug-likeness (QED) is 0.522. The van der Waals surface area contributed by atoms with Crippen molar-refractivity contribution in [3.8, 4) is 0 Å². The molecule has 0 aliphatic heterocycles. The minimum atomic E-state index is -1.26. The molecule has 114 valence electrons. The van der Waals surface area contributed by atoms with Crippen LogP contribution in [0.2, 0.25) is 0 Å². The Labute approximate surface area is 120 Å². The third-order valence-corrected chi connectivity index (χ3v) is 2.72. The first-order valence-corrected chi connectivity index (χ1v) is 6.77. The van der Waals surface area contributed by atoms with Gasteiger partial charge in [0.15, 0.2) is 0 Å². The number of nitrogens with one attached hydrogen (secondary N) is 1. The molecule has 2 atom stereocenters. The molecule has 2 N–H and O–H groups in total. The van der Waals surface area contributed by atoms with Crippen molar-refractivity contribution in [2.24, 2.45) is 0 Å². The Kier molecular flexibility index (Phi) is 8.37. The smallest absolute Gasteiger partial charge is 0.370 e. The summed E-state index contributed by atoms with van der Waals surface area (Å²) in [6, 6.07) is -1.20. The van der Waals surface area contributed by atoms with E-state index in [1.54, 1.807) is 6.92 Å². The van der Waals surface area contributed by atoms with Gasteiger partial charge in [0.25, 0.3) is 0 Å². The van der Waals surface area contributed by atoms with Gasteiger partial charge in [-0.15, -0.1) is 0 Å². The van der Waals surface area contributed by atoms with E-state index in [-0.39, 0.29) is 12.2 Å². The summed E-state index contributed by atoms with van der Waals surface area (Å²) in [4.78, 5) is 43.9. The second kappa shape index (κ2) is 9.18. The van der Waals surface area contributed by atoms with Gasteiger partial charge >= 0.3 is 17.2 Å². The second-order valence-corrected chi connectivity index (χ2v) is 4.64. The molecule has 9 heteroatoms. The zero-order valence-corrected chi connectivity index (χ0v) is 12.2. The number of hydrogen-bond donors (Lipinski definition) is 2. The first kappa shape index (κ1) is 18.2. The summed E-state index contributed by atoms with van der Waals surface area (Å²) in [6.07, 6.45) is -0.898. The van der Waals surface area contributed by atoms with Crippen LogP contribution >= 0.6 is 11.8 Å². The number of rotatable bonds is 7. The van der Waals surface area contributed by atoms with Gasteiger partial charge < -0.3 is 19.9 Å². The van der Waals surface area contributed by atoms with Gasteiger partial charge in [-0.05, 0) is 11.8 Å². The third-order valence-electron chi connectivity index (χ3n) is 1.89. The number of carboxylic acid groups (broad SMARTS) is 1. The Balaban J connectivity index is 4.16. The molecule has 0 unspecified atom stereocenters. The fraction of sp³-hybridized carbons (Fsp3) is 0.636. The Morgan fingerprint density at radius 3 is 2.30 bits per heavy atom. The van der Waals surface area contributed by atoms with Crippen molar-refractivity contribution in [1.29, 1.82) is 0 Å². The van der Waals surface area contributed by atoms with Crippen LogP contribution in [-0.4, -0.2) is 46.3 Å². The van der Waals surface area contributed by atoms with E-state index in [0.717, 1.165) is 0 Å². The Morgan fingerprint density at radius 1 is 1.25 bits per heavy atom. The number of carbonyl (C=O) groups excluding carboxylic acids is 3. The van der Waals surface area contributed by atoms with Crippen LogP contribution in [0.5, 0.6) is 0 Å². The Bertz CT molecular complexity index is 385. The molecule has 0 aromatic rings. The number of carboxylic acids is 1. The maximum Gasteiger partial charge on any atom is 0.370 e. The van der Waals surface area contributed by atoms with Gasteiger partial charge in [-0.2, -0.15) is 0 Å². The first-order valence-electron chi connectivity index (χ1n) is 5.79. The number of esters is 1. The average molecular weight is 307 g/mol. The van der Waals surface area contributed by atoms with E-state index in [2.05, 4.69) is 5.32 Å². The minimum Gasteiger partial charge on any atom is -0.480 e. The highest BCUT2D eigenvalue weighted by molar-refractivity contribution is 8.13. The zero-order chi connectivity index (χ0) is 15.7. The number of thioether (sulfide) groups is 1. The molecule has 0 rings (SSSR count). The second-order valence-electron chi connectivity index (χ2n) is 3.68. The van der Waals surface area contributed by atoms with Crippen molar-refractivity contribution in [2.75, 3.05) is 5.75 Å². The number of aliphatic carboxylic acids is 1.